The Labute approximate surface area is 119 Å². The Morgan fingerprint density at radius 1 is 1.55 bits per heavy atom. The molecule has 110 valence electrons. The summed E-state index contributed by atoms with van der Waals surface area (Å²) >= 11 is 0. The molecule has 1 fully saturated rings. The van der Waals surface area contributed by atoms with E-state index in [0.717, 1.165) is 26.1 Å². The first kappa shape index (κ1) is 14.9. The van der Waals surface area contributed by atoms with Crippen LogP contribution in [0.2, 0.25) is 0 Å². The van der Waals surface area contributed by atoms with E-state index in [1.54, 1.807) is 12.1 Å². The van der Waals surface area contributed by atoms with E-state index in [-0.39, 0.29) is 17.1 Å². The highest BCUT2D eigenvalue weighted by molar-refractivity contribution is 5.90. The van der Waals surface area contributed by atoms with Crippen LogP contribution in [0.3, 0.4) is 0 Å². The molecular formula is C15H22FN3O. The standard InChI is InChI=1S/C15H22FN3O/c1-15(10-17)6-8-19(11-15)7-5-14(20)18-13-4-2-3-12(16)9-13/h2-4,9H,5-8,10-11,17H2,1H3,(H,18,20). The largest absolute Gasteiger partial charge is 0.330 e. The molecule has 3 N–H and O–H groups in total. The predicted molar refractivity (Wildman–Crippen MR) is 77.9 cm³/mol. The number of rotatable bonds is 5. The number of carbonyl (C=O) groups excluding carboxylic acids is 1. The minimum absolute atomic E-state index is 0.0862. The highest BCUT2D eigenvalue weighted by Gasteiger charge is 2.32. The molecule has 0 aromatic heterocycles. The molecule has 0 aliphatic carbocycles. The Morgan fingerprint density at radius 2 is 2.35 bits per heavy atom. The summed E-state index contributed by atoms with van der Waals surface area (Å²) in [6.45, 7) is 5.51. The maximum Gasteiger partial charge on any atom is 0.225 e. The van der Waals surface area contributed by atoms with Crippen LogP contribution in [-0.4, -0.2) is 37.0 Å². The van der Waals surface area contributed by atoms with Crippen molar-refractivity contribution in [3.8, 4) is 0 Å². The minimum Gasteiger partial charge on any atom is -0.330 e. The van der Waals surface area contributed by atoms with Gasteiger partial charge in [-0.3, -0.25) is 4.79 Å². The van der Waals surface area contributed by atoms with E-state index in [0.29, 0.717) is 18.7 Å². The first-order valence-electron chi connectivity index (χ1n) is 6.99. The molecule has 0 saturated carbocycles. The van der Waals surface area contributed by atoms with Crippen LogP contribution in [0.4, 0.5) is 10.1 Å². The third-order valence-corrected chi connectivity index (χ3v) is 3.89. The topological polar surface area (TPSA) is 58.4 Å². The molecule has 1 amide bonds. The van der Waals surface area contributed by atoms with Gasteiger partial charge in [0.1, 0.15) is 5.82 Å². The van der Waals surface area contributed by atoms with Crippen molar-refractivity contribution in [3.63, 3.8) is 0 Å². The number of benzene rings is 1. The van der Waals surface area contributed by atoms with Crippen molar-refractivity contribution >= 4 is 11.6 Å². The number of carbonyl (C=O) groups is 1. The molecule has 1 atom stereocenters. The van der Waals surface area contributed by atoms with Gasteiger partial charge in [-0.2, -0.15) is 0 Å². The molecule has 0 radical (unpaired) electrons. The molecule has 1 unspecified atom stereocenters. The molecular weight excluding hydrogens is 257 g/mol. The van der Waals surface area contributed by atoms with Crippen LogP contribution in [0.1, 0.15) is 19.8 Å². The Hall–Kier alpha value is -1.46. The van der Waals surface area contributed by atoms with Crippen molar-refractivity contribution in [2.24, 2.45) is 11.1 Å². The summed E-state index contributed by atoms with van der Waals surface area (Å²) in [7, 11) is 0. The lowest BCUT2D eigenvalue weighted by molar-refractivity contribution is -0.116. The predicted octanol–water partition coefficient (Wildman–Crippen LogP) is 1.83. The van der Waals surface area contributed by atoms with Crippen LogP contribution in [-0.2, 0) is 4.79 Å². The van der Waals surface area contributed by atoms with Gasteiger partial charge in [-0.15, -0.1) is 0 Å². The molecule has 0 spiro atoms. The molecule has 1 heterocycles. The summed E-state index contributed by atoms with van der Waals surface area (Å²) < 4.78 is 13.0. The van der Waals surface area contributed by atoms with Gasteiger partial charge in [-0.25, -0.2) is 4.39 Å². The minimum atomic E-state index is -0.346. The summed E-state index contributed by atoms with van der Waals surface area (Å²) in [6.07, 6.45) is 1.49. The Morgan fingerprint density at radius 3 is 3.00 bits per heavy atom. The lowest BCUT2D eigenvalue weighted by Gasteiger charge is -2.22. The second-order valence-corrected chi connectivity index (χ2v) is 5.85. The second kappa shape index (κ2) is 6.33. The van der Waals surface area contributed by atoms with E-state index in [4.69, 9.17) is 5.73 Å². The van der Waals surface area contributed by atoms with Crippen molar-refractivity contribution in [1.29, 1.82) is 0 Å². The Balaban J connectivity index is 1.76. The van der Waals surface area contributed by atoms with E-state index < -0.39 is 0 Å². The highest BCUT2D eigenvalue weighted by Crippen LogP contribution is 2.28. The van der Waals surface area contributed by atoms with Gasteiger partial charge >= 0.3 is 0 Å². The summed E-state index contributed by atoms with van der Waals surface area (Å²) in [6, 6.07) is 5.94. The molecule has 5 heteroatoms. The van der Waals surface area contributed by atoms with E-state index in [2.05, 4.69) is 17.1 Å². The number of nitrogens with zero attached hydrogens (tertiary/aromatic N) is 1. The van der Waals surface area contributed by atoms with Gasteiger partial charge in [0.25, 0.3) is 0 Å². The average Bonchev–Trinajstić information content (AvgIpc) is 2.79. The van der Waals surface area contributed by atoms with Gasteiger partial charge in [0, 0.05) is 25.2 Å². The van der Waals surface area contributed by atoms with Crippen LogP contribution < -0.4 is 11.1 Å². The second-order valence-electron chi connectivity index (χ2n) is 5.85. The smallest absolute Gasteiger partial charge is 0.225 e. The highest BCUT2D eigenvalue weighted by atomic mass is 19.1. The lowest BCUT2D eigenvalue weighted by atomic mass is 9.90. The van der Waals surface area contributed by atoms with Crippen LogP contribution >= 0.6 is 0 Å². The number of hydrogen-bond donors (Lipinski definition) is 2. The number of likely N-dealkylation sites (tertiary alicyclic amines) is 1. The molecule has 1 aliphatic rings. The van der Waals surface area contributed by atoms with E-state index >= 15 is 0 Å². The molecule has 2 rings (SSSR count). The molecule has 0 bridgehead atoms. The van der Waals surface area contributed by atoms with Gasteiger partial charge in [0.15, 0.2) is 0 Å². The van der Waals surface area contributed by atoms with Crippen LogP contribution in [0, 0.1) is 11.2 Å². The van der Waals surface area contributed by atoms with Gasteiger partial charge < -0.3 is 16.0 Å². The summed E-state index contributed by atoms with van der Waals surface area (Å²) in [4.78, 5) is 14.1. The molecule has 1 aromatic carbocycles. The molecule has 1 aliphatic heterocycles. The van der Waals surface area contributed by atoms with Gasteiger partial charge in [0.05, 0.1) is 0 Å². The van der Waals surface area contributed by atoms with Gasteiger partial charge in [-0.1, -0.05) is 13.0 Å². The molecule has 1 aromatic rings. The maximum atomic E-state index is 13.0. The lowest BCUT2D eigenvalue weighted by Crippen LogP contribution is -2.32. The number of hydrogen-bond acceptors (Lipinski definition) is 3. The fourth-order valence-corrected chi connectivity index (χ4v) is 2.53. The van der Waals surface area contributed by atoms with Crippen molar-refractivity contribution in [2.75, 3.05) is 31.5 Å². The van der Waals surface area contributed by atoms with E-state index in [1.165, 1.54) is 12.1 Å². The summed E-state index contributed by atoms with van der Waals surface area (Å²) in [5.41, 5.74) is 6.44. The number of nitrogens with one attached hydrogen (secondary N) is 1. The first-order valence-corrected chi connectivity index (χ1v) is 6.99. The number of nitrogens with two attached hydrogens (primary N) is 1. The Bertz CT molecular complexity index is 480. The normalized spacial score (nSPS) is 22.9. The third-order valence-electron chi connectivity index (χ3n) is 3.89. The van der Waals surface area contributed by atoms with Crippen LogP contribution in [0.25, 0.3) is 0 Å². The quantitative estimate of drug-likeness (QED) is 0.864. The summed E-state index contributed by atoms with van der Waals surface area (Å²) in [5, 5.41) is 2.71. The molecule has 4 nitrogen and oxygen atoms in total. The van der Waals surface area contributed by atoms with Gasteiger partial charge in [-0.05, 0) is 43.1 Å². The van der Waals surface area contributed by atoms with Crippen molar-refractivity contribution in [3.05, 3.63) is 30.1 Å². The van der Waals surface area contributed by atoms with E-state index in [9.17, 15) is 9.18 Å². The third kappa shape index (κ3) is 4.02. The van der Waals surface area contributed by atoms with Crippen molar-refractivity contribution in [2.45, 2.75) is 19.8 Å². The Kier molecular flexibility index (Phi) is 4.73. The number of amides is 1. The van der Waals surface area contributed by atoms with E-state index in [1.807, 2.05) is 0 Å². The fourth-order valence-electron chi connectivity index (χ4n) is 2.53. The zero-order valence-electron chi connectivity index (χ0n) is 11.9. The molecule has 1 saturated heterocycles. The van der Waals surface area contributed by atoms with Crippen LogP contribution in [0.15, 0.2) is 24.3 Å². The number of halogens is 1. The number of anilines is 1. The first-order chi connectivity index (χ1) is 9.50. The van der Waals surface area contributed by atoms with Crippen LogP contribution in [0.5, 0.6) is 0 Å². The zero-order valence-corrected chi connectivity index (χ0v) is 11.9. The SMILES string of the molecule is CC1(CN)CCN(CCC(=O)Nc2cccc(F)c2)C1. The monoisotopic (exact) mass is 279 g/mol. The molecule has 20 heavy (non-hydrogen) atoms. The van der Waals surface area contributed by atoms with Crippen molar-refractivity contribution in [1.82, 2.24) is 4.90 Å². The maximum absolute atomic E-state index is 13.0. The zero-order chi connectivity index (χ0) is 14.6. The average molecular weight is 279 g/mol. The van der Waals surface area contributed by atoms with Crippen molar-refractivity contribution < 1.29 is 9.18 Å². The fraction of sp³-hybridized carbons (Fsp3) is 0.533. The van der Waals surface area contributed by atoms with Gasteiger partial charge in [0.2, 0.25) is 5.91 Å². The summed E-state index contributed by atoms with van der Waals surface area (Å²) in [5.74, 6) is -0.432.